The van der Waals surface area contributed by atoms with Gasteiger partial charge in [-0.05, 0) is 59.4 Å². The van der Waals surface area contributed by atoms with Crippen molar-refractivity contribution >= 4 is 0 Å². The van der Waals surface area contributed by atoms with Gasteiger partial charge in [-0.1, -0.05) is 32.9 Å². The molecule has 2 rings (SSSR count). The molecule has 2 aromatic carbocycles. The van der Waals surface area contributed by atoms with Gasteiger partial charge in [0.1, 0.15) is 11.5 Å². The van der Waals surface area contributed by atoms with Crippen LogP contribution in [0.4, 0.5) is 0 Å². The summed E-state index contributed by atoms with van der Waals surface area (Å²) in [5, 5.41) is 19.3. The number of aryl methyl sites for hydroxylation is 2. The van der Waals surface area contributed by atoms with Crippen molar-refractivity contribution in [2.24, 2.45) is 0 Å². The molecule has 106 valence electrons. The van der Waals surface area contributed by atoms with Crippen molar-refractivity contribution in [3.05, 3.63) is 58.7 Å². The molecule has 2 N–H and O–H groups in total. The Labute approximate surface area is 120 Å². The monoisotopic (exact) mass is 270 g/mol. The quantitative estimate of drug-likeness (QED) is 0.865. The average molecular weight is 270 g/mol. The Bertz CT molecular complexity index is 549. The maximum absolute atomic E-state index is 9.63. The van der Waals surface area contributed by atoms with E-state index in [0.717, 1.165) is 12.8 Å². The molecule has 0 bridgehead atoms. The summed E-state index contributed by atoms with van der Waals surface area (Å²) in [6.45, 7) is 6.38. The van der Waals surface area contributed by atoms with Crippen LogP contribution < -0.4 is 0 Å². The van der Waals surface area contributed by atoms with Gasteiger partial charge in [0.15, 0.2) is 0 Å². The molecule has 0 spiro atoms. The number of phenols is 2. The van der Waals surface area contributed by atoms with Gasteiger partial charge in [-0.3, -0.25) is 0 Å². The molecule has 2 aromatic rings. The van der Waals surface area contributed by atoms with Crippen LogP contribution in [0, 0.1) is 0 Å². The maximum Gasteiger partial charge on any atom is 0.115 e. The number of rotatable bonds is 4. The number of hydrogen-bond donors (Lipinski definition) is 2. The van der Waals surface area contributed by atoms with Crippen LogP contribution in [0.3, 0.4) is 0 Å². The van der Waals surface area contributed by atoms with Gasteiger partial charge in [-0.2, -0.15) is 0 Å². The third kappa shape index (κ3) is 2.79. The summed E-state index contributed by atoms with van der Waals surface area (Å²) in [5.74, 6) is 0.888. The summed E-state index contributed by atoms with van der Waals surface area (Å²) in [7, 11) is 0. The fourth-order valence-electron chi connectivity index (χ4n) is 2.81. The van der Waals surface area contributed by atoms with E-state index in [2.05, 4.69) is 20.8 Å². The van der Waals surface area contributed by atoms with Crippen LogP contribution in [0.5, 0.6) is 11.5 Å². The summed E-state index contributed by atoms with van der Waals surface area (Å²) in [6.07, 6.45) is 1.79. The molecule has 0 aromatic heterocycles. The first-order chi connectivity index (χ1) is 9.56. The van der Waals surface area contributed by atoms with Crippen LogP contribution >= 0.6 is 0 Å². The molecule has 0 saturated carbocycles. The van der Waals surface area contributed by atoms with Crippen molar-refractivity contribution in [2.45, 2.75) is 39.5 Å². The van der Waals surface area contributed by atoms with E-state index in [1.165, 1.54) is 22.3 Å². The minimum atomic E-state index is 0.251. The van der Waals surface area contributed by atoms with Crippen LogP contribution in [0.15, 0.2) is 36.4 Å². The molecular weight excluding hydrogens is 248 g/mol. The van der Waals surface area contributed by atoms with Gasteiger partial charge in [-0.25, -0.2) is 0 Å². The first kappa shape index (κ1) is 14.4. The van der Waals surface area contributed by atoms with Crippen LogP contribution in [-0.4, -0.2) is 10.2 Å². The highest BCUT2D eigenvalue weighted by Crippen LogP contribution is 2.33. The highest BCUT2D eigenvalue weighted by Gasteiger charge is 2.15. The molecule has 0 aliphatic heterocycles. The van der Waals surface area contributed by atoms with Crippen LogP contribution in [0.25, 0.3) is 0 Å². The van der Waals surface area contributed by atoms with Gasteiger partial charge in [0.2, 0.25) is 0 Å². The summed E-state index contributed by atoms with van der Waals surface area (Å²) >= 11 is 0. The normalized spacial score (nSPS) is 11.0. The average Bonchev–Trinajstić information content (AvgIpc) is 2.46. The predicted molar refractivity (Wildman–Crippen MR) is 82.5 cm³/mol. The SMILES string of the molecule is CCc1cc(O)ccc1C(C)c1ccc(O)cc1CC. The highest BCUT2D eigenvalue weighted by molar-refractivity contribution is 5.45. The van der Waals surface area contributed by atoms with E-state index in [-0.39, 0.29) is 5.92 Å². The largest absolute Gasteiger partial charge is 0.508 e. The van der Waals surface area contributed by atoms with Crippen molar-refractivity contribution < 1.29 is 10.2 Å². The molecule has 20 heavy (non-hydrogen) atoms. The molecule has 0 saturated heterocycles. The first-order valence-electron chi connectivity index (χ1n) is 7.20. The molecule has 0 unspecified atom stereocenters. The van der Waals surface area contributed by atoms with Crippen molar-refractivity contribution in [3.63, 3.8) is 0 Å². The fourth-order valence-corrected chi connectivity index (χ4v) is 2.81. The Morgan fingerprint density at radius 3 is 1.55 bits per heavy atom. The van der Waals surface area contributed by atoms with E-state index in [0.29, 0.717) is 11.5 Å². The standard InChI is InChI=1S/C18H22O2/c1-4-13-10-15(19)6-8-17(13)12(3)18-9-7-16(20)11-14(18)5-2/h6-12,19-20H,4-5H2,1-3H3. The lowest BCUT2D eigenvalue weighted by Crippen LogP contribution is -2.03. The molecule has 0 amide bonds. The van der Waals surface area contributed by atoms with E-state index in [4.69, 9.17) is 0 Å². The minimum Gasteiger partial charge on any atom is -0.508 e. The number of aromatic hydroxyl groups is 2. The van der Waals surface area contributed by atoms with Gasteiger partial charge in [-0.15, -0.1) is 0 Å². The summed E-state index contributed by atoms with van der Waals surface area (Å²) in [4.78, 5) is 0. The van der Waals surface area contributed by atoms with Crippen molar-refractivity contribution in [1.82, 2.24) is 0 Å². The van der Waals surface area contributed by atoms with E-state index in [9.17, 15) is 10.2 Å². The highest BCUT2D eigenvalue weighted by atomic mass is 16.3. The second-order valence-electron chi connectivity index (χ2n) is 5.20. The molecule has 0 fully saturated rings. The molecule has 0 radical (unpaired) electrons. The second kappa shape index (κ2) is 6.00. The molecule has 0 atom stereocenters. The summed E-state index contributed by atoms with van der Waals surface area (Å²) < 4.78 is 0. The second-order valence-corrected chi connectivity index (χ2v) is 5.20. The summed E-state index contributed by atoms with van der Waals surface area (Å²) in [5.41, 5.74) is 4.83. The molecular formula is C18H22O2. The zero-order chi connectivity index (χ0) is 14.7. The lowest BCUT2D eigenvalue weighted by molar-refractivity contribution is 0.474. The van der Waals surface area contributed by atoms with Gasteiger partial charge < -0.3 is 10.2 Å². The van der Waals surface area contributed by atoms with Gasteiger partial charge in [0.25, 0.3) is 0 Å². The van der Waals surface area contributed by atoms with Crippen molar-refractivity contribution in [3.8, 4) is 11.5 Å². The lowest BCUT2D eigenvalue weighted by Gasteiger charge is -2.19. The Morgan fingerprint density at radius 2 is 1.20 bits per heavy atom. The van der Waals surface area contributed by atoms with E-state index in [1.54, 1.807) is 12.1 Å². The van der Waals surface area contributed by atoms with Gasteiger partial charge in [0, 0.05) is 5.92 Å². The van der Waals surface area contributed by atoms with E-state index >= 15 is 0 Å². The summed E-state index contributed by atoms with van der Waals surface area (Å²) in [6, 6.07) is 11.2. The number of hydrogen-bond acceptors (Lipinski definition) is 2. The zero-order valence-electron chi connectivity index (χ0n) is 12.4. The Hall–Kier alpha value is -1.96. The fraction of sp³-hybridized carbons (Fsp3) is 0.333. The van der Waals surface area contributed by atoms with Crippen LogP contribution in [0.1, 0.15) is 48.9 Å². The third-order valence-electron chi connectivity index (χ3n) is 3.95. The topological polar surface area (TPSA) is 40.5 Å². The van der Waals surface area contributed by atoms with E-state index in [1.807, 2.05) is 24.3 Å². The Morgan fingerprint density at radius 1 is 0.800 bits per heavy atom. The minimum absolute atomic E-state index is 0.251. The number of benzene rings is 2. The van der Waals surface area contributed by atoms with Crippen molar-refractivity contribution in [2.75, 3.05) is 0 Å². The van der Waals surface area contributed by atoms with Crippen LogP contribution in [0.2, 0.25) is 0 Å². The van der Waals surface area contributed by atoms with Gasteiger partial charge >= 0.3 is 0 Å². The smallest absolute Gasteiger partial charge is 0.115 e. The van der Waals surface area contributed by atoms with Crippen LogP contribution in [-0.2, 0) is 12.8 Å². The molecule has 0 heterocycles. The zero-order valence-corrected chi connectivity index (χ0v) is 12.4. The first-order valence-corrected chi connectivity index (χ1v) is 7.20. The Kier molecular flexibility index (Phi) is 4.33. The molecule has 2 nitrogen and oxygen atoms in total. The lowest BCUT2D eigenvalue weighted by atomic mass is 9.85. The Balaban J connectivity index is 2.48. The molecule has 0 aliphatic rings. The van der Waals surface area contributed by atoms with E-state index < -0.39 is 0 Å². The molecule has 2 heteroatoms. The third-order valence-corrected chi connectivity index (χ3v) is 3.95. The molecule has 0 aliphatic carbocycles. The maximum atomic E-state index is 9.63. The number of phenolic OH excluding ortho intramolecular Hbond substituents is 2. The predicted octanol–water partition coefficient (Wildman–Crippen LogP) is 4.37. The van der Waals surface area contributed by atoms with Gasteiger partial charge in [0.05, 0.1) is 0 Å². The van der Waals surface area contributed by atoms with Crippen molar-refractivity contribution in [1.29, 1.82) is 0 Å².